The van der Waals surface area contributed by atoms with Gasteiger partial charge in [0.25, 0.3) is 0 Å². The Kier molecular flexibility index (Phi) is 3.84. The first kappa shape index (κ1) is 13.5. The van der Waals surface area contributed by atoms with Gasteiger partial charge >= 0.3 is 12.6 Å². The zero-order valence-corrected chi connectivity index (χ0v) is 10.2. The minimum Gasteiger partial charge on any atom is -0.451 e. The topological polar surface area (TPSA) is 39.2 Å². The number of halogens is 3. The van der Waals surface area contributed by atoms with E-state index >= 15 is 0 Å². The fourth-order valence-corrected chi connectivity index (χ4v) is 2.26. The minimum absolute atomic E-state index is 0.0140. The van der Waals surface area contributed by atoms with Crippen LogP contribution < -0.4 is 0 Å². The van der Waals surface area contributed by atoms with Crippen LogP contribution in [-0.2, 0) is 22.3 Å². The Bertz CT molecular complexity index is 580. The van der Waals surface area contributed by atoms with Crippen molar-refractivity contribution >= 4 is 17.8 Å². The van der Waals surface area contributed by atoms with Crippen molar-refractivity contribution in [3.8, 4) is 10.6 Å². The molecule has 0 N–H and O–H groups in total. The van der Waals surface area contributed by atoms with Crippen LogP contribution in [0.25, 0.3) is 10.6 Å². The lowest BCUT2D eigenvalue weighted by Crippen LogP contribution is -2.04. The van der Waals surface area contributed by atoms with Gasteiger partial charge in [-0.25, -0.2) is 9.78 Å². The summed E-state index contributed by atoms with van der Waals surface area (Å²) in [4.78, 5) is 14.6. The van der Waals surface area contributed by atoms with Gasteiger partial charge in [-0.2, -0.15) is 13.2 Å². The van der Waals surface area contributed by atoms with Gasteiger partial charge in [0, 0.05) is 11.8 Å². The summed E-state index contributed by atoms with van der Waals surface area (Å²) in [6.45, 7) is 1.29. The van der Waals surface area contributed by atoms with Crippen molar-refractivity contribution < 1.29 is 22.7 Å². The molecule has 1 heterocycles. The van der Waals surface area contributed by atoms with Crippen molar-refractivity contribution in [2.45, 2.75) is 12.8 Å². The molecule has 0 aliphatic carbocycles. The van der Waals surface area contributed by atoms with Gasteiger partial charge in [0.05, 0.1) is 10.4 Å². The first-order valence-corrected chi connectivity index (χ1v) is 5.93. The number of carbonyl (C=O) groups excluding carboxylic acids is 1. The van der Waals surface area contributed by atoms with Crippen LogP contribution in [0.4, 0.5) is 13.2 Å². The quantitative estimate of drug-likeness (QED) is 0.864. The number of hydrogen-bond donors (Lipinski definition) is 0. The van der Waals surface area contributed by atoms with Crippen LogP contribution in [0.2, 0.25) is 0 Å². The van der Waals surface area contributed by atoms with Gasteiger partial charge in [-0.05, 0) is 12.1 Å². The highest BCUT2D eigenvalue weighted by Crippen LogP contribution is 2.33. The molecule has 1 aromatic carbocycles. The van der Waals surface area contributed by atoms with Gasteiger partial charge in [-0.3, -0.25) is 0 Å². The van der Waals surface area contributed by atoms with E-state index in [2.05, 4.69) is 9.72 Å². The Labute approximate surface area is 110 Å². The van der Waals surface area contributed by atoms with Crippen LogP contribution in [0.3, 0.4) is 0 Å². The molecule has 0 saturated heterocycles. The first-order chi connectivity index (χ1) is 9.00. The molecule has 7 heteroatoms. The van der Waals surface area contributed by atoms with Gasteiger partial charge in [0.2, 0.25) is 0 Å². The smallest absolute Gasteiger partial charge is 0.417 e. The van der Waals surface area contributed by atoms with Crippen molar-refractivity contribution in [1.29, 1.82) is 0 Å². The zero-order chi connectivity index (χ0) is 13.9. The van der Waals surface area contributed by atoms with Gasteiger partial charge in [-0.15, -0.1) is 11.3 Å². The molecule has 2 aromatic rings. The van der Waals surface area contributed by atoms with E-state index in [1.165, 1.54) is 18.7 Å². The molecule has 0 spiro atoms. The van der Waals surface area contributed by atoms with E-state index in [4.69, 9.17) is 0 Å². The summed E-state index contributed by atoms with van der Waals surface area (Å²) in [5.41, 5.74) is -0.347. The second kappa shape index (κ2) is 5.40. The summed E-state index contributed by atoms with van der Waals surface area (Å²) >= 11 is 1.16. The highest BCUT2D eigenvalue weighted by atomic mass is 32.1. The molecule has 0 aliphatic rings. The number of hydrogen-bond acceptors (Lipinski definition) is 4. The summed E-state index contributed by atoms with van der Waals surface area (Å²) in [5, 5.41) is 0.440. The van der Waals surface area contributed by atoms with Crippen LogP contribution in [0.5, 0.6) is 0 Å². The van der Waals surface area contributed by atoms with E-state index in [1.807, 2.05) is 0 Å². The third-order valence-corrected chi connectivity index (χ3v) is 3.28. The molecule has 0 amide bonds. The maximum absolute atomic E-state index is 12.6. The van der Waals surface area contributed by atoms with Crippen molar-refractivity contribution in [1.82, 2.24) is 4.98 Å². The average Bonchev–Trinajstić information content (AvgIpc) is 2.84. The third-order valence-electron chi connectivity index (χ3n) is 2.26. The molecule has 0 atom stereocenters. The summed E-state index contributed by atoms with van der Waals surface area (Å²) in [7, 11) is 0. The van der Waals surface area contributed by atoms with E-state index in [0.29, 0.717) is 15.4 Å². The lowest BCUT2D eigenvalue weighted by Gasteiger charge is -2.07. The number of rotatable bonds is 4. The molecular formula is C12H7F3NO2S. The lowest BCUT2D eigenvalue weighted by molar-refractivity contribution is -0.137. The largest absolute Gasteiger partial charge is 0.451 e. The highest BCUT2D eigenvalue weighted by molar-refractivity contribution is 7.15. The van der Waals surface area contributed by atoms with Crippen molar-refractivity contribution in [3.63, 3.8) is 0 Å². The van der Waals surface area contributed by atoms with Crippen molar-refractivity contribution in [3.05, 3.63) is 40.9 Å². The third kappa shape index (κ3) is 3.31. The molecule has 0 unspecified atom stereocenters. The molecule has 99 valence electrons. The number of aromatic nitrogens is 1. The molecular weight excluding hydrogens is 279 g/mol. The zero-order valence-electron chi connectivity index (χ0n) is 9.40. The highest BCUT2D eigenvalue weighted by Gasteiger charge is 2.30. The molecule has 0 bridgehead atoms. The fourth-order valence-electron chi connectivity index (χ4n) is 1.44. The van der Waals surface area contributed by atoms with Crippen LogP contribution in [-0.4, -0.2) is 11.5 Å². The monoisotopic (exact) mass is 286 g/mol. The van der Waals surface area contributed by atoms with Crippen molar-refractivity contribution in [2.24, 2.45) is 0 Å². The van der Waals surface area contributed by atoms with E-state index in [0.717, 1.165) is 23.5 Å². The Morgan fingerprint density at radius 2 is 2.16 bits per heavy atom. The van der Waals surface area contributed by atoms with Crippen LogP contribution >= 0.6 is 11.3 Å². The second-order valence-electron chi connectivity index (χ2n) is 3.58. The number of nitrogens with zero attached hydrogens (tertiary/aromatic N) is 1. The molecule has 2 rings (SSSR count). The summed E-state index contributed by atoms with van der Waals surface area (Å²) in [6, 6.07) is 4.91. The van der Waals surface area contributed by atoms with Crippen molar-refractivity contribution in [2.75, 3.05) is 0 Å². The van der Waals surface area contributed by atoms with Gasteiger partial charge in [0.1, 0.15) is 11.6 Å². The minimum atomic E-state index is -4.38. The van der Waals surface area contributed by atoms with Gasteiger partial charge in [0.15, 0.2) is 0 Å². The summed E-state index contributed by atoms with van der Waals surface area (Å²) in [6.07, 6.45) is -2.93. The molecule has 1 aromatic heterocycles. The van der Waals surface area contributed by atoms with Crippen LogP contribution in [0, 0.1) is 0 Å². The maximum atomic E-state index is 12.6. The molecule has 19 heavy (non-hydrogen) atoms. The molecule has 0 aliphatic heterocycles. The molecule has 3 nitrogen and oxygen atoms in total. The summed E-state index contributed by atoms with van der Waals surface area (Å²) < 4.78 is 42.2. The maximum Gasteiger partial charge on any atom is 0.417 e. The lowest BCUT2D eigenvalue weighted by atomic mass is 10.1. The predicted molar refractivity (Wildman–Crippen MR) is 63.0 cm³/mol. The first-order valence-electron chi connectivity index (χ1n) is 5.12. The molecule has 0 saturated carbocycles. The van der Waals surface area contributed by atoms with E-state index in [-0.39, 0.29) is 6.61 Å². The fraction of sp³-hybridized carbons (Fsp3) is 0.167. The Morgan fingerprint density at radius 1 is 1.37 bits per heavy atom. The second-order valence-corrected chi connectivity index (χ2v) is 4.70. The molecule has 1 radical (unpaired) electrons. The average molecular weight is 286 g/mol. The Balaban J connectivity index is 2.26. The number of alkyl halides is 3. The Morgan fingerprint density at radius 3 is 2.84 bits per heavy atom. The number of benzene rings is 1. The number of thiazole rings is 1. The Hall–Kier alpha value is -1.89. The van der Waals surface area contributed by atoms with Gasteiger partial charge in [-0.1, -0.05) is 12.1 Å². The van der Waals surface area contributed by atoms with E-state index < -0.39 is 11.7 Å². The standard InChI is InChI=1S/C12H7F3NO2S/c13-12(14,15)9-3-1-2-8(4-9)11-16-5-10(19-11)6-18-7-17/h1-5H,6H2. The SMILES string of the molecule is O=[C]OCc1cnc(-c2cccc(C(F)(F)F)c2)s1. The summed E-state index contributed by atoms with van der Waals surface area (Å²) in [5.74, 6) is 0. The normalized spacial score (nSPS) is 11.3. The van der Waals surface area contributed by atoms with Crippen LogP contribution in [0.15, 0.2) is 30.5 Å². The van der Waals surface area contributed by atoms with Crippen LogP contribution in [0.1, 0.15) is 10.4 Å². The van der Waals surface area contributed by atoms with Gasteiger partial charge < -0.3 is 4.74 Å². The number of ether oxygens (including phenoxy) is 1. The predicted octanol–water partition coefficient (Wildman–Crippen LogP) is 3.41. The van der Waals surface area contributed by atoms with E-state index in [1.54, 1.807) is 6.07 Å². The van der Waals surface area contributed by atoms with E-state index in [9.17, 15) is 18.0 Å². The molecule has 0 fully saturated rings.